The highest BCUT2D eigenvalue weighted by molar-refractivity contribution is 8.00. The van der Waals surface area contributed by atoms with Crippen molar-refractivity contribution in [2.75, 3.05) is 19.3 Å². The third kappa shape index (κ3) is 8.38. The Morgan fingerprint density at radius 2 is 1.80 bits per heavy atom. The topological polar surface area (TPSA) is 110 Å². The fourth-order valence-corrected chi connectivity index (χ4v) is 3.86. The molecule has 0 bridgehead atoms. The number of nitrogens with zero attached hydrogens (tertiary/aromatic N) is 1. The number of hydrogen-bond donors (Lipinski definition) is 2. The third-order valence-electron chi connectivity index (χ3n) is 4.15. The molecule has 0 aromatic rings. The van der Waals surface area contributed by atoms with E-state index in [0.29, 0.717) is 32.2 Å². The zero-order chi connectivity index (χ0) is 18.7. The molecular weight excluding hydrogens is 342 g/mol. The van der Waals surface area contributed by atoms with Crippen molar-refractivity contribution in [3.05, 3.63) is 0 Å². The highest BCUT2D eigenvalue weighted by atomic mass is 32.2. The summed E-state index contributed by atoms with van der Waals surface area (Å²) in [7, 11) is 1.63. The second-order valence-electron chi connectivity index (χ2n) is 6.21. The van der Waals surface area contributed by atoms with Gasteiger partial charge in [0.05, 0.1) is 5.25 Å². The molecule has 7 nitrogen and oxygen atoms in total. The van der Waals surface area contributed by atoms with Crippen molar-refractivity contribution in [3.63, 3.8) is 0 Å². The van der Waals surface area contributed by atoms with Crippen molar-refractivity contribution in [2.24, 2.45) is 5.73 Å². The third-order valence-corrected chi connectivity index (χ3v) is 5.45. The second-order valence-corrected chi connectivity index (χ2v) is 7.52. The molecule has 0 saturated carbocycles. The predicted octanol–water partition coefficient (Wildman–Crippen LogP) is 1.20. The second kappa shape index (κ2) is 11.9. The minimum atomic E-state index is -0.319. The minimum absolute atomic E-state index is 0.0516. The number of amides is 4. The molecule has 1 aliphatic heterocycles. The lowest BCUT2D eigenvalue weighted by Crippen LogP contribution is -2.32. The van der Waals surface area contributed by atoms with Gasteiger partial charge in [-0.15, -0.1) is 11.8 Å². The van der Waals surface area contributed by atoms with Gasteiger partial charge in [-0.1, -0.05) is 12.8 Å². The molecule has 142 valence electrons. The van der Waals surface area contributed by atoms with Crippen molar-refractivity contribution < 1.29 is 19.2 Å². The van der Waals surface area contributed by atoms with Gasteiger partial charge in [0.2, 0.25) is 23.6 Å². The van der Waals surface area contributed by atoms with Crippen molar-refractivity contribution in [1.82, 2.24) is 10.2 Å². The Morgan fingerprint density at radius 3 is 2.48 bits per heavy atom. The molecule has 0 radical (unpaired) electrons. The monoisotopic (exact) mass is 371 g/mol. The number of unbranched alkanes of at least 4 members (excludes halogenated alkanes) is 4. The Balaban J connectivity index is 2.16. The van der Waals surface area contributed by atoms with Gasteiger partial charge in [0, 0.05) is 32.9 Å². The molecule has 1 atom stereocenters. The van der Waals surface area contributed by atoms with Crippen LogP contribution in [0.5, 0.6) is 0 Å². The number of imide groups is 1. The number of rotatable bonds is 13. The maximum atomic E-state index is 12.3. The predicted molar refractivity (Wildman–Crippen MR) is 97.8 cm³/mol. The number of carbonyl (C=O) groups excluding carboxylic acids is 4. The fraction of sp³-hybridized carbons (Fsp3) is 0.765. The van der Waals surface area contributed by atoms with E-state index < -0.39 is 0 Å². The van der Waals surface area contributed by atoms with Crippen LogP contribution in [0.25, 0.3) is 0 Å². The Labute approximate surface area is 153 Å². The Hall–Kier alpha value is -1.57. The van der Waals surface area contributed by atoms with Gasteiger partial charge in [-0.2, -0.15) is 0 Å². The summed E-state index contributed by atoms with van der Waals surface area (Å²) in [4.78, 5) is 47.4. The largest absolute Gasteiger partial charge is 0.370 e. The lowest BCUT2D eigenvalue weighted by molar-refractivity contribution is -0.138. The van der Waals surface area contributed by atoms with Gasteiger partial charge >= 0.3 is 0 Å². The molecule has 1 fully saturated rings. The first-order valence-corrected chi connectivity index (χ1v) is 9.95. The van der Waals surface area contributed by atoms with Gasteiger partial charge in [-0.05, 0) is 31.4 Å². The highest BCUT2D eigenvalue weighted by Crippen LogP contribution is 2.26. The number of primary amides is 1. The van der Waals surface area contributed by atoms with Crippen molar-refractivity contribution in [3.8, 4) is 0 Å². The van der Waals surface area contributed by atoms with Crippen LogP contribution >= 0.6 is 11.8 Å². The average Bonchev–Trinajstić information content (AvgIpc) is 2.84. The molecule has 0 aliphatic carbocycles. The lowest BCUT2D eigenvalue weighted by Gasteiger charge is -2.14. The number of nitrogens with one attached hydrogen (secondary N) is 1. The van der Waals surface area contributed by atoms with E-state index in [1.54, 1.807) is 7.05 Å². The van der Waals surface area contributed by atoms with Gasteiger partial charge in [0.25, 0.3) is 0 Å². The van der Waals surface area contributed by atoms with Gasteiger partial charge < -0.3 is 11.1 Å². The number of hydrogen-bond acceptors (Lipinski definition) is 5. The average molecular weight is 372 g/mol. The van der Waals surface area contributed by atoms with E-state index >= 15 is 0 Å². The van der Waals surface area contributed by atoms with Crippen LogP contribution in [-0.4, -0.2) is 53.1 Å². The summed E-state index contributed by atoms with van der Waals surface area (Å²) >= 11 is 1.54. The van der Waals surface area contributed by atoms with E-state index in [2.05, 4.69) is 5.32 Å². The van der Waals surface area contributed by atoms with E-state index in [-0.39, 0.29) is 35.3 Å². The van der Waals surface area contributed by atoms with Crippen LogP contribution in [0.4, 0.5) is 0 Å². The van der Waals surface area contributed by atoms with Gasteiger partial charge in [-0.25, -0.2) is 0 Å². The van der Waals surface area contributed by atoms with E-state index in [4.69, 9.17) is 5.73 Å². The first-order chi connectivity index (χ1) is 12.0. The van der Waals surface area contributed by atoms with Gasteiger partial charge in [0.1, 0.15) is 0 Å². The minimum Gasteiger partial charge on any atom is -0.370 e. The lowest BCUT2D eigenvalue weighted by atomic mass is 10.2. The number of likely N-dealkylation sites (tertiary alicyclic amines) is 1. The van der Waals surface area contributed by atoms with Crippen LogP contribution in [0, 0.1) is 0 Å². The van der Waals surface area contributed by atoms with E-state index in [9.17, 15) is 19.2 Å². The van der Waals surface area contributed by atoms with E-state index in [1.807, 2.05) is 0 Å². The summed E-state index contributed by atoms with van der Waals surface area (Å²) in [6.07, 6.45) is 6.07. The number of thioether (sulfide) groups is 1. The summed E-state index contributed by atoms with van der Waals surface area (Å²) in [6, 6.07) is 0. The molecule has 3 N–H and O–H groups in total. The molecule has 8 heteroatoms. The molecule has 1 rings (SSSR count). The summed E-state index contributed by atoms with van der Waals surface area (Å²) in [5.74, 6) is 0.368. The Bertz CT molecular complexity index is 485. The molecule has 1 aliphatic rings. The zero-order valence-electron chi connectivity index (χ0n) is 14.9. The molecule has 1 unspecified atom stereocenters. The molecular formula is C17H29N3O4S. The normalized spacial score (nSPS) is 17.2. The molecule has 1 heterocycles. The zero-order valence-corrected chi connectivity index (χ0v) is 15.7. The SMILES string of the molecule is CNC(=O)CCCCCSC1CC(=O)N(CCCCCC(N)=O)C1=O. The van der Waals surface area contributed by atoms with Gasteiger partial charge in [0.15, 0.2) is 0 Å². The molecule has 4 amide bonds. The van der Waals surface area contributed by atoms with Crippen molar-refractivity contribution in [2.45, 2.75) is 63.0 Å². The molecule has 0 spiro atoms. The summed E-state index contributed by atoms with van der Waals surface area (Å²) in [6.45, 7) is 0.430. The van der Waals surface area contributed by atoms with Crippen LogP contribution in [0.1, 0.15) is 57.8 Å². The maximum absolute atomic E-state index is 12.3. The van der Waals surface area contributed by atoms with Gasteiger partial charge in [-0.3, -0.25) is 24.1 Å². The molecule has 0 aromatic carbocycles. The van der Waals surface area contributed by atoms with Crippen molar-refractivity contribution >= 4 is 35.4 Å². The van der Waals surface area contributed by atoms with Crippen molar-refractivity contribution in [1.29, 1.82) is 0 Å². The molecule has 25 heavy (non-hydrogen) atoms. The summed E-state index contributed by atoms with van der Waals surface area (Å²) < 4.78 is 0. The van der Waals surface area contributed by atoms with Crippen LogP contribution < -0.4 is 11.1 Å². The quantitative estimate of drug-likeness (QED) is 0.373. The standard InChI is InChI=1S/C17H29N3O4S/c1-19-15(22)9-5-3-7-11-25-13-12-16(23)20(17(13)24)10-6-2-4-8-14(18)21/h13H,2-12H2,1H3,(H2,18,21)(H,19,22). The maximum Gasteiger partial charge on any atom is 0.242 e. The Morgan fingerprint density at radius 1 is 1.12 bits per heavy atom. The number of carbonyl (C=O) groups is 4. The van der Waals surface area contributed by atoms with Crippen LogP contribution in [0.15, 0.2) is 0 Å². The smallest absolute Gasteiger partial charge is 0.242 e. The van der Waals surface area contributed by atoms with Crippen LogP contribution in [-0.2, 0) is 19.2 Å². The van der Waals surface area contributed by atoms with E-state index in [1.165, 1.54) is 16.7 Å². The molecule has 1 saturated heterocycles. The van der Waals surface area contributed by atoms with E-state index in [0.717, 1.165) is 31.4 Å². The number of nitrogens with two attached hydrogens (primary N) is 1. The summed E-state index contributed by atoms with van der Waals surface area (Å²) in [5, 5.41) is 2.32. The summed E-state index contributed by atoms with van der Waals surface area (Å²) in [5.41, 5.74) is 5.08. The van der Waals surface area contributed by atoms with Crippen LogP contribution in [0.2, 0.25) is 0 Å². The first kappa shape index (κ1) is 21.5. The molecule has 0 aromatic heterocycles. The van der Waals surface area contributed by atoms with Crippen LogP contribution in [0.3, 0.4) is 0 Å². The Kier molecular flexibility index (Phi) is 10.2. The fourth-order valence-electron chi connectivity index (χ4n) is 2.68. The highest BCUT2D eigenvalue weighted by Gasteiger charge is 2.37. The first-order valence-electron chi connectivity index (χ1n) is 8.90.